The van der Waals surface area contributed by atoms with Crippen LogP contribution in [0.4, 0.5) is 0 Å². The van der Waals surface area contributed by atoms with Gasteiger partial charge in [0, 0.05) is 25.0 Å². The molecule has 1 aromatic heterocycles. The van der Waals surface area contributed by atoms with Gasteiger partial charge in [0.15, 0.2) is 0 Å². The number of hydrogen-bond donors (Lipinski definition) is 1. The van der Waals surface area contributed by atoms with Crippen molar-refractivity contribution in [1.29, 1.82) is 0 Å². The number of hydrogen-bond acceptors (Lipinski definition) is 3. The molecule has 0 saturated heterocycles. The zero-order valence-corrected chi connectivity index (χ0v) is 12.1. The lowest BCUT2D eigenvalue weighted by Crippen LogP contribution is -2.12. The van der Waals surface area contributed by atoms with Crippen LogP contribution < -0.4 is 10.1 Å². The van der Waals surface area contributed by atoms with Gasteiger partial charge in [0.05, 0.1) is 0 Å². The fourth-order valence-electron chi connectivity index (χ4n) is 2.90. The molecular weight excluding hydrogens is 250 g/mol. The molecule has 0 amide bonds. The van der Waals surface area contributed by atoms with E-state index in [1.54, 1.807) is 0 Å². The molecule has 4 nitrogen and oxygen atoms in total. The van der Waals surface area contributed by atoms with Crippen molar-refractivity contribution in [1.82, 2.24) is 14.9 Å². The zero-order chi connectivity index (χ0) is 13.9. The molecule has 1 unspecified atom stereocenters. The summed E-state index contributed by atoms with van der Waals surface area (Å²) < 4.78 is 7.98. The lowest BCUT2D eigenvalue weighted by atomic mass is 10.1. The van der Waals surface area contributed by atoms with Gasteiger partial charge >= 0.3 is 0 Å². The normalized spacial score (nSPS) is 17.2. The van der Waals surface area contributed by atoms with E-state index in [4.69, 9.17) is 4.74 Å². The number of fused-ring (bicyclic) bond motifs is 1. The van der Waals surface area contributed by atoms with Crippen molar-refractivity contribution in [3.8, 4) is 5.75 Å². The summed E-state index contributed by atoms with van der Waals surface area (Å²) in [6.45, 7) is 3.56. The SMILES string of the molecule is CCn1ccnc1COc1ccc2c(c1)CCC2NC. The maximum atomic E-state index is 5.88. The molecule has 0 spiro atoms. The van der Waals surface area contributed by atoms with E-state index in [1.807, 2.05) is 19.4 Å². The van der Waals surface area contributed by atoms with Crippen molar-refractivity contribution in [2.24, 2.45) is 0 Å². The molecule has 4 heteroatoms. The third kappa shape index (κ3) is 2.43. The molecule has 106 valence electrons. The highest BCUT2D eigenvalue weighted by Gasteiger charge is 2.21. The van der Waals surface area contributed by atoms with Gasteiger partial charge in [0.25, 0.3) is 0 Å². The first-order valence-corrected chi connectivity index (χ1v) is 7.24. The van der Waals surface area contributed by atoms with Crippen LogP contribution in [0.1, 0.15) is 36.3 Å². The second-order valence-electron chi connectivity index (χ2n) is 5.16. The molecule has 1 aromatic carbocycles. The van der Waals surface area contributed by atoms with E-state index in [9.17, 15) is 0 Å². The summed E-state index contributed by atoms with van der Waals surface area (Å²) in [5.41, 5.74) is 2.82. The molecule has 0 fully saturated rings. The van der Waals surface area contributed by atoms with Crippen LogP contribution in [-0.2, 0) is 19.6 Å². The number of nitrogens with zero attached hydrogens (tertiary/aromatic N) is 2. The molecule has 0 bridgehead atoms. The van der Waals surface area contributed by atoms with Crippen molar-refractivity contribution in [2.75, 3.05) is 7.05 Å². The lowest BCUT2D eigenvalue weighted by molar-refractivity contribution is 0.289. The Morgan fingerprint density at radius 3 is 3.15 bits per heavy atom. The van der Waals surface area contributed by atoms with Gasteiger partial charge in [-0.25, -0.2) is 4.98 Å². The monoisotopic (exact) mass is 271 g/mol. The van der Waals surface area contributed by atoms with Crippen LogP contribution in [0.15, 0.2) is 30.6 Å². The highest BCUT2D eigenvalue weighted by molar-refractivity contribution is 5.40. The first-order chi connectivity index (χ1) is 9.81. The average molecular weight is 271 g/mol. The Morgan fingerprint density at radius 1 is 1.45 bits per heavy atom. The molecule has 20 heavy (non-hydrogen) atoms. The first-order valence-electron chi connectivity index (χ1n) is 7.24. The Bertz CT molecular complexity index is 591. The molecule has 1 N–H and O–H groups in total. The van der Waals surface area contributed by atoms with Crippen molar-refractivity contribution in [3.63, 3.8) is 0 Å². The molecular formula is C16H21N3O. The number of ether oxygens (including phenoxy) is 1. The van der Waals surface area contributed by atoms with E-state index in [2.05, 4.69) is 40.0 Å². The molecule has 0 aliphatic heterocycles. The van der Waals surface area contributed by atoms with Gasteiger partial charge in [0.1, 0.15) is 18.2 Å². The summed E-state index contributed by atoms with van der Waals surface area (Å²) in [4.78, 5) is 4.33. The smallest absolute Gasteiger partial charge is 0.146 e. The van der Waals surface area contributed by atoms with E-state index >= 15 is 0 Å². The maximum absolute atomic E-state index is 5.88. The number of aromatic nitrogens is 2. The summed E-state index contributed by atoms with van der Waals surface area (Å²) in [6.07, 6.45) is 6.11. The van der Waals surface area contributed by atoms with E-state index in [0.29, 0.717) is 12.6 Å². The number of imidazole rings is 1. The van der Waals surface area contributed by atoms with Crippen molar-refractivity contribution in [2.45, 2.75) is 39.0 Å². The fourth-order valence-corrected chi connectivity index (χ4v) is 2.90. The zero-order valence-electron chi connectivity index (χ0n) is 12.1. The van der Waals surface area contributed by atoms with E-state index in [1.165, 1.54) is 17.5 Å². The second-order valence-corrected chi connectivity index (χ2v) is 5.16. The van der Waals surface area contributed by atoms with Crippen LogP contribution in [0.3, 0.4) is 0 Å². The highest BCUT2D eigenvalue weighted by atomic mass is 16.5. The van der Waals surface area contributed by atoms with Crippen LogP contribution in [-0.4, -0.2) is 16.6 Å². The van der Waals surface area contributed by atoms with E-state index in [-0.39, 0.29) is 0 Å². The third-order valence-corrected chi connectivity index (χ3v) is 4.05. The molecule has 3 rings (SSSR count). The number of aryl methyl sites for hydroxylation is 2. The van der Waals surface area contributed by atoms with Crippen LogP contribution in [0.25, 0.3) is 0 Å². The van der Waals surface area contributed by atoms with Gasteiger partial charge in [-0.05, 0) is 50.1 Å². The summed E-state index contributed by atoms with van der Waals surface area (Å²) in [5.74, 6) is 1.91. The highest BCUT2D eigenvalue weighted by Crippen LogP contribution is 2.33. The van der Waals surface area contributed by atoms with Gasteiger partial charge in [-0.1, -0.05) is 6.07 Å². The van der Waals surface area contributed by atoms with E-state index < -0.39 is 0 Å². The Morgan fingerprint density at radius 2 is 2.35 bits per heavy atom. The van der Waals surface area contributed by atoms with Gasteiger partial charge in [-0.2, -0.15) is 0 Å². The van der Waals surface area contributed by atoms with Gasteiger partial charge < -0.3 is 14.6 Å². The number of nitrogens with one attached hydrogen (secondary N) is 1. The Balaban J connectivity index is 1.70. The summed E-state index contributed by atoms with van der Waals surface area (Å²) in [7, 11) is 2.02. The molecule has 2 aromatic rings. The number of benzene rings is 1. The summed E-state index contributed by atoms with van der Waals surface area (Å²) in [5, 5.41) is 3.35. The van der Waals surface area contributed by atoms with Gasteiger partial charge in [-0.3, -0.25) is 0 Å². The molecule has 0 radical (unpaired) electrons. The summed E-state index contributed by atoms with van der Waals surface area (Å²) in [6, 6.07) is 6.92. The average Bonchev–Trinajstić information content (AvgIpc) is 3.10. The standard InChI is InChI=1S/C16H21N3O/c1-3-19-9-8-18-16(19)11-20-13-5-6-14-12(10-13)4-7-15(14)17-2/h5-6,8-10,15,17H,3-4,7,11H2,1-2H3. The molecule has 1 aliphatic carbocycles. The number of rotatable bonds is 5. The Hall–Kier alpha value is -1.81. The lowest BCUT2D eigenvalue weighted by Gasteiger charge is -2.12. The molecule has 1 aliphatic rings. The van der Waals surface area contributed by atoms with Crippen molar-refractivity contribution < 1.29 is 4.74 Å². The first kappa shape index (κ1) is 13.2. The minimum absolute atomic E-state index is 0.498. The predicted octanol–water partition coefficient (Wildman–Crippen LogP) is 2.69. The predicted molar refractivity (Wildman–Crippen MR) is 78.8 cm³/mol. The van der Waals surface area contributed by atoms with Crippen molar-refractivity contribution in [3.05, 3.63) is 47.5 Å². The van der Waals surface area contributed by atoms with Crippen LogP contribution in [0.2, 0.25) is 0 Å². The Kier molecular flexibility index (Phi) is 3.74. The van der Waals surface area contributed by atoms with Crippen LogP contribution >= 0.6 is 0 Å². The van der Waals surface area contributed by atoms with Gasteiger partial charge in [0.2, 0.25) is 0 Å². The maximum Gasteiger partial charge on any atom is 0.146 e. The molecule has 1 heterocycles. The Labute approximate surface area is 119 Å². The second kappa shape index (κ2) is 5.67. The third-order valence-electron chi connectivity index (χ3n) is 4.05. The van der Waals surface area contributed by atoms with E-state index in [0.717, 1.165) is 24.5 Å². The fraction of sp³-hybridized carbons (Fsp3) is 0.438. The van der Waals surface area contributed by atoms with Crippen LogP contribution in [0.5, 0.6) is 5.75 Å². The topological polar surface area (TPSA) is 39.1 Å². The minimum Gasteiger partial charge on any atom is -0.486 e. The minimum atomic E-state index is 0.498. The summed E-state index contributed by atoms with van der Waals surface area (Å²) >= 11 is 0. The molecule has 1 atom stereocenters. The molecule has 0 saturated carbocycles. The van der Waals surface area contributed by atoms with Gasteiger partial charge in [-0.15, -0.1) is 0 Å². The van der Waals surface area contributed by atoms with Crippen molar-refractivity contribution >= 4 is 0 Å². The quantitative estimate of drug-likeness (QED) is 0.908. The largest absolute Gasteiger partial charge is 0.486 e. The van der Waals surface area contributed by atoms with Crippen LogP contribution in [0, 0.1) is 0 Å².